The van der Waals surface area contributed by atoms with Crippen LogP contribution in [0.15, 0.2) is 17.0 Å². The molecule has 1 N–H and O–H groups in total. The lowest BCUT2D eigenvalue weighted by Gasteiger charge is -2.35. The SMILES string of the molecule is C=CCNc1nnc(S[C@H](C)C(=O)N2CCN(CC)CC2)s1. The lowest BCUT2D eigenvalue weighted by molar-refractivity contribution is -0.132. The minimum absolute atomic E-state index is 0.131. The maximum absolute atomic E-state index is 12.5. The van der Waals surface area contributed by atoms with Crippen LogP contribution in [0.25, 0.3) is 0 Å². The van der Waals surface area contributed by atoms with Gasteiger partial charge in [-0.25, -0.2) is 0 Å². The Labute approximate surface area is 140 Å². The summed E-state index contributed by atoms with van der Waals surface area (Å²) in [6.45, 7) is 13.0. The molecule has 0 spiro atoms. The van der Waals surface area contributed by atoms with E-state index < -0.39 is 0 Å². The predicted octanol–water partition coefficient (Wildman–Crippen LogP) is 1.78. The van der Waals surface area contributed by atoms with Gasteiger partial charge in [-0.15, -0.1) is 16.8 Å². The molecular formula is C14H23N5OS2. The van der Waals surface area contributed by atoms with Gasteiger partial charge in [-0.3, -0.25) is 4.79 Å². The van der Waals surface area contributed by atoms with Crippen LogP contribution in [0.5, 0.6) is 0 Å². The van der Waals surface area contributed by atoms with Crippen molar-refractivity contribution in [3.8, 4) is 0 Å². The smallest absolute Gasteiger partial charge is 0.235 e. The zero-order chi connectivity index (χ0) is 15.9. The molecule has 2 heterocycles. The van der Waals surface area contributed by atoms with E-state index in [1.165, 1.54) is 23.1 Å². The van der Waals surface area contributed by atoms with E-state index in [1.54, 1.807) is 6.08 Å². The van der Waals surface area contributed by atoms with Gasteiger partial charge in [0.1, 0.15) is 0 Å². The summed E-state index contributed by atoms with van der Waals surface area (Å²) in [4.78, 5) is 16.8. The molecule has 0 unspecified atom stereocenters. The molecule has 1 fully saturated rings. The number of piperazine rings is 1. The third kappa shape index (κ3) is 4.69. The van der Waals surface area contributed by atoms with E-state index in [4.69, 9.17) is 0 Å². The summed E-state index contributed by atoms with van der Waals surface area (Å²) in [5.74, 6) is 0.191. The number of amides is 1. The molecule has 6 nitrogen and oxygen atoms in total. The van der Waals surface area contributed by atoms with Gasteiger partial charge in [-0.2, -0.15) is 0 Å². The zero-order valence-corrected chi connectivity index (χ0v) is 14.8. The molecule has 1 aromatic rings. The molecule has 1 amide bonds. The largest absolute Gasteiger partial charge is 0.357 e. The molecule has 2 rings (SSSR count). The van der Waals surface area contributed by atoms with E-state index in [0.717, 1.165) is 42.2 Å². The summed E-state index contributed by atoms with van der Waals surface area (Å²) in [5, 5.41) is 11.9. The van der Waals surface area contributed by atoms with Gasteiger partial charge in [0.05, 0.1) is 5.25 Å². The van der Waals surface area contributed by atoms with E-state index in [1.807, 2.05) is 11.8 Å². The standard InChI is InChI=1S/C14H23N5OS2/c1-4-6-15-13-16-17-14(22-13)21-11(3)12(20)19-9-7-18(5-2)8-10-19/h4,11H,1,5-10H2,2-3H3,(H,15,16)/t11-/m1/s1. The molecule has 1 saturated heterocycles. The Morgan fingerprint density at radius 3 is 2.82 bits per heavy atom. The molecule has 1 aromatic heterocycles. The normalized spacial score (nSPS) is 17.3. The van der Waals surface area contributed by atoms with Crippen molar-refractivity contribution >= 4 is 34.1 Å². The third-order valence-electron chi connectivity index (χ3n) is 3.56. The molecule has 0 aromatic carbocycles. The third-order valence-corrected chi connectivity index (χ3v) is 5.61. The monoisotopic (exact) mass is 341 g/mol. The zero-order valence-electron chi connectivity index (χ0n) is 13.1. The van der Waals surface area contributed by atoms with Gasteiger partial charge in [-0.1, -0.05) is 36.1 Å². The number of aromatic nitrogens is 2. The first-order valence-corrected chi connectivity index (χ1v) is 9.19. The average molecular weight is 342 g/mol. The highest BCUT2D eigenvalue weighted by Crippen LogP contribution is 2.29. The van der Waals surface area contributed by atoms with Gasteiger partial charge in [-0.05, 0) is 13.5 Å². The molecule has 0 saturated carbocycles. The molecule has 22 heavy (non-hydrogen) atoms. The van der Waals surface area contributed by atoms with Crippen LogP contribution < -0.4 is 5.32 Å². The van der Waals surface area contributed by atoms with Crippen LogP contribution in [0.2, 0.25) is 0 Å². The molecule has 0 aliphatic carbocycles. The summed E-state index contributed by atoms with van der Waals surface area (Å²) in [7, 11) is 0. The summed E-state index contributed by atoms with van der Waals surface area (Å²) < 4.78 is 0.819. The number of hydrogen-bond donors (Lipinski definition) is 1. The summed E-state index contributed by atoms with van der Waals surface area (Å²) in [5.41, 5.74) is 0. The maximum Gasteiger partial charge on any atom is 0.235 e. The molecule has 1 aliphatic heterocycles. The summed E-state index contributed by atoms with van der Waals surface area (Å²) in [6.07, 6.45) is 1.77. The van der Waals surface area contributed by atoms with Crippen LogP contribution in [0.1, 0.15) is 13.8 Å². The second-order valence-electron chi connectivity index (χ2n) is 5.06. The van der Waals surface area contributed by atoms with Crippen molar-refractivity contribution in [3.63, 3.8) is 0 Å². The van der Waals surface area contributed by atoms with E-state index in [-0.39, 0.29) is 11.2 Å². The van der Waals surface area contributed by atoms with E-state index >= 15 is 0 Å². The van der Waals surface area contributed by atoms with Crippen molar-refractivity contribution < 1.29 is 4.79 Å². The second kappa shape index (κ2) is 8.50. The second-order valence-corrected chi connectivity index (χ2v) is 7.63. The van der Waals surface area contributed by atoms with Crippen LogP contribution in [0, 0.1) is 0 Å². The first-order valence-electron chi connectivity index (χ1n) is 7.50. The number of nitrogens with zero attached hydrogens (tertiary/aromatic N) is 4. The van der Waals surface area contributed by atoms with Crippen LogP contribution in [-0.4, -0.2) is 70.4 Å². The first kappa shape index (κ1) is 17.2. The molecule has 0 radical (unpaired) electrons. The summed E-state index contributed by atoms with van der Waals surface area (Å²) >= 11 is 2.95. The lowest BCUT2D eigenvalue weighted by atomic mass is 10.3. The molecule has 122 valence electrons. The van der Waals surface area contributed by atoms with E-state index in [2.05, 4.69) is 33.9 Å². The van der Waals surface area contributed by atoms with E-state index in [0.29, 0.717) is 6.54 Å². The molecule has 0 bridgehead atoms. The van der Waals surface area contributed by atoms with Crippen molar-refractivity contribution in [1.82, 2.24) is 20.0 Å². The van der Waals surface area contributed by atoms with Gasteiger partial charge in [0.25, 0.3) is 0 Å². The quantitative estimate of drug-likeness (QED) is 0.603. The van der Waals surface area contributed by atoms with Crippen LogP contribution in [0.4, 0.5) is 5.13 Å². The van der Waals surface area contributed by atoms with Crippen molar-refractivity contribution in [3.05, 3.63) is 12.7 Å². The Hall–Kier alpha value is -1.12. The highest BCUT2D eigenvalue weighted by molar-refractivity contribution is 8.02. The number of likely N-dealkylation sites (N-methyl/N-ethyl adjacent to an activating group) is 1. The number of carbonyl (C=O) groups excluding carboxylic acids is 1. The number of rotatable bonds is 7. The van der Waals surface area contributed by atoms with Crippen LogP contribution in [0.3, 0.4) is 0 Å². The molecule has 8 heteroatoms. The highest BCUT2D eigenvalue weighted by atomic mass is 32.2. The molecular weight excluding hydrogens is 318 g/mol. The fourth-order valence-electron chi connectivity index (χ4n) is 2.23. The van der Waals surface area contributed by atoms with Crippen molar-refractivity contribution in [2.24, 2.45) is 0 Å². The number of hydrogen-bond acceptors (Lipinski definition) is 7. The fraction of sp³-hybridized carbons (Fsp3) is 0.643. The highest BCUT2D eigenvalue weighted by Gasteiger charge is 2.25. The first-order chi connectivity index (χ1) is 10.6. The summed E-state index contributed by atoms with van der Waals surface area (Å²) in [6, 6.07) is 0. The predicted molar refractivity (Wildman–Crippen MR) is 92.6 cm³/mol. The topological polar surface area (TPSA) is 61.4 Å². The van der Waals surface area contributed by atoms with Gasteiger partial charge >= 0.3 is 0 Å². The number of thioether (sulfide) groups is 1. The Morgan fingerprint density at radius 2 is 2.18 bits per heavy atom. The maximum atomic E-state index is 12.5. The minimum atomic E-state index is -0.131. The Bertz CT molecular complexity index is 499. The van der Waals surface area contributed by atoms with Crippen LogP contribution in [-0.2, 0) is 4.79 Å². The van der Waals surface area contributed by atoms with Gasteiger partial charge in [0.2, 0.25) is 11.0 Å². The Balaban J connectivity index is 1.83. The Morgan fingerprint density at radius 1 is 1.45 bits per heavy atom. The molecule has 1 atom stereocenters. The Kier molecular flexibility index (Phi) is 6.66. The van der Waals surface area contributed by atoms with Gasteiger partial charge in [0.15, 0.2) is 4.34 Å². The average Bonchev–Trinajstić information content (AvgIpc) is 2.99. The van der Waals surface area contributed by atoms with Gasteiger partial charge in [0, 0.05) is 32.7 Å². The number of anilines is 1. The minimum Gasteiger partial charge on any atom is -0.357 e. The lowest BCUT2D eigenvalue weighted by Crippen LogP contribution is -2.50. The number of carbonyl (C=O) groups is 1. The molecule has 1 aliphatic rings. The van der Waals surface area contributed by atoms with E-state index in [9.17, 15) is 4.79 Å². The van der Waals surface area contributed by atoms with Crippen LogP contribution >= 0.6 is 23.1 Å². The van der Waals surface area contributed by atoms with Crippen molar-refractivity contribution in [2.45, 2.75) is 23.4 Å². The van der Waals surface area contributed by atoms with Crippen molar-refractivity contribution in [2.75, 3.05) is 44.6 Å². The van der Waals surface area contributed by atoms with Gasteiger partial charge < -0.3 is 15.1 Å². The number of nitrogens with one attached hydrogen (secondary N) is 1. The fourth-order valence-corrected chi connectivity index (χ4v) is 4.22. The van der Waals surface area contributed by atoms with Crippen molar-refractivity contribution in [1.29, 1.82) is 0 Å².